The van der Waals surface area contributed by atoms with Crippen LogP contribution in [0.3, 0.4) is 0 Å². The Hall–Kier alpha value is -1.05. The third-order valence-corrected chi connectivity index (χ3v) is 2.72. The monoisotopic (exact) mass is 224 g/mol. The Balaban J connectivity index is 2.19. The lowest BCUT2D eigenvalue weighted by molar-refractivity contribution is -0.130. The van der Waals surface area contributed by atoms with Crippen molar-refractivity contribution in [1.82, 2.24) is 10.2 Å². The predicted octanol–water partition coefficient (Wildman–Crippen LogP) is 0.0942. The fourth-order valence-electron chi connectivity index (χ4n) is 1.82. The maximum atomic E-state index is 11.6. The molecule has 1 fully saturated rings. The van der Waals surface area contributed by atoms with Crippen molar-refractivity contribution >= 4 is 5.91 Å². The SMILES string of the molecule is C#CCNCC(=O)N(C)CC1CCCOC1. The van der Waals surface area contributed by atoms with Gasteiger partial charge in [0, 0.05) is 20.2 Å². The van der Waals surface area contributed by atoms with Gasteiger partial charge < -0.3 is 9.64 Å². The number of likely N-dealkylation sites (N-methyl/N-ethyl adjacent to an activating group) is 1. The molecule has 1 aliphatic heterocycles. The molecule has 0 aromatic carbocycles. The molecule has 4 heteroatoms. The minimum absolute atomic E-state index is 0.0841. The molecule has 1 heterocycles. The summed E-state index contributed by atoms with van der Waals surface area (Å²) in [6.45, 7) is 3.16. The van der Waals surface area contributed by atoms with Crippen molar-refractivity contribution in [3.05, 3.63) is 0 Å². The predicted molar refractivity (Wildman–Crippen MR) is 62.9 cm³/mol. The van der Waals surface area contributed by atoms with Crippen LogP contribution in [0.2, 0.25) is 0 Å². The molecule has 0 bridgehead atoms. The van der Waals surface area contributed by atoms with Gasteiger partial charge in [-0.2, -0.15) is 0 Å². The molecule has 1 rings (SSSR count). The Bertz CT molecular complexity index is 254. The highest BCUT2D eigenvalue weighted by molar-refractivity contribution is 5.77. The van der Waals surface area contributed by atoms with Crippen LogP contribution >= 0.6 is 0 Å². The number of nitrogens with one attached hydrogen (secondary N) is 1. The molecule has 16 heavy (non-hydrogen) atoms. The Kier molecular flexibility index (Phi) is 5.91. The third-order valence-electron chi connectivity index (χ3n) is 2.72. The van der Waals surface area contributed by atoms with Crippen LogP contribution in [-0.2, 0) is 9.53 Å². The Morgan fingerprint density at radius 2 is 2.50 bits per heavy atom. The van der Waals surface area contributed by atoms with Crippen molar-refractivity contribution in [2.75, 3.05) is 39.9 Å². The molecule has 0 aliphatic carbocycles. The van der Waals surface area contributed by atoms with Gasteiger partial charge >= 0.3 is 0 Å². The van der Waals surface area contributed by atoms with Crippen LogP contribution in [0.15, 0.2) is 0 Å². The largest absolute Gasteiger partial charge is 0.381 e. The van der Waals surface area contributed by atoms with E-state index in [1.165, 1.54) is 0 Å². The van der Waals surface area contributed by atoms with Crippen molar-refractivity contribution in [1.29, 1.82) is 0 Å². The van der Waals surface area contributed by atoms with E-state index in [2.05, 4.69) is 11.2 Å². The zero-order valence-electron chi connectivity index (χ0n) is 9.87. The van der Waals surface area contributed by atoms with E-state index in [1.807, 2.05) is 7.05 Å². The highest BCUT2D eigenvalue weighted by Gasteiger charge is 2.18. The molecule has 0 saturated carbocycles. The molecule has 0 aromatic heterocycles. The maximum absolute atomic E-state index is 11.6. The number of ether oxygens (including phenoxy) is 1. The van der Waals surface area contributed by atoms with Crippen molar-refractivity contribution in [2.24, 2.45) is 5.92 Å². The summed E-state index contributed by atoms with van der Waals surface area (Å²) in [6, 6.07) is 0. The van der Waals surface area contributed by atoms with Crippen LogP contribution in [-0.4, -0.2) is 50.7 Å². The average Bonchev–Trinajstić information content (AvgIpc) is 2.30. The van der Waals surface area contributed by atoms with E-state index in [-0.39, 0.29) is 5.91 Å². The van der Waals surface area contributed by atoms with Gasteiger partial charge in [-0.1, -0.05) is 5.92 Å². The summed E-state index contributed by atoms with van der Waals surface area (Å²) in [7, 11) is 1.83. The average molecular weight is 224 g/mol. The molecule has 90 valence electrons. The second-order valence-electron chi connectivity index (χ2n) is 4.17. The Morgan fingerprint density at radius 1 is 1.69 bits per heavy atom. The van der Waals surface area contributed by atoms with Crippen LogP contribution in [0.25, 0.3) is 0 Å². The van der Waals surface area contributed by atoms with Gasteiger partial charge in [0.1, 0.15) is 0 Å². The third kappa shape index (κ3) is 4.65. The summed E-state index contributed by atoms with van der Waals surface area (Å²) >= 11 is 0. The second-order valence-corrected chi connectivity index (χ2v) is 4.17. The van der Waals surface area contributed by atoms with Crippen LogP contribution < -0.4 is 5.32 Å². The van der Waals surface area contributed by atoms with E-state index in [0.29, 0.717) is 19.0 Å². The lowest BCUT2D eigenvalue weighted by Gasteiger charge is -2.27. The van der Waals surface area contributed by atoms with Gasteiger partial charge in [0.2, 0.25) is 5.91 Å². The number of terminal acetylenes is 1. The normalized spacial score (nSPS) is 20.1. The number of carbonyl (C=O) groups excluding carboxylic acids is 1. The summed E-state index contributed by atoms with van der Waals surface area (Å²) in [5.41, 5.74) is 0. The number of carbonyl (C=O) groups is 1. The summed E-state index contributed by atoms with van der Waals surface area (Å²) in [5.74, 6) is 3.01. The molecule has 1 saturated heterocycles. The topological polar surface area (TPSA) is 41.6 Å². The highest BCUT2D eigenvalue weighted by Crippen LogP contribution is 2.14. The van der Waals surface area contributed by atoms with Crippen molar-refractivity contribution in [3.8, 4) is 12.3 Å². The molecular formula is C12H20N2O2. The van der Waals surface area contributed by atoms with Gasteiger partial charge in [-0.15, -0.1) is 6.42 Å². The molecule has 1 unspecified atom stereocenters. The maximum Gasteiger partial charge on any atom is 0.236 e. The minimum Gasteiger partial charge on any atom is -0.381 e. The van der Waals surface area contributed by atoms with Gasteiger partial charge in [-0.05, 0) is 18.8 Å². The van der Waals surface area contributed by atoms with E-state index < -0.39 is 0 Å². The Labute approximate surface area is 97.3 Å². The first kappa shape index (κ1) is 13.0. The lowest BCUT2D eigenvalue weighted by Crippen LogP contribution is -2.40. The molecule has 0 radical (unpaired) electrons. The number of hydrogen-bond acceptors (Lipinski definition) is 3. The van der Waals surface area contributed by atoms with Crippen molar-refractivity contribution < 1.29 is 9.53 Å². The number of rotatable bonds is 5. The summed E-state index contributed by atoms with van der Waals surface area (Å²) in [6.07, 6.45) is 7.33. The van der Waals surface area contributed by atoms with Crippen LogP contribution in [0.5, 0.6) is 0 Å². The Morgan fingerprint density at radius 3 is 3.12 bits per heavy atom. The highest BCUT2D eigenvalue weighted by atomic mass is 16.5. The summed E-state index contributed by atoms with van der Waals surface area (Å²) in [5, 5.41) is 2.89. The molecule has 1 atom stereocenters. The second kappa shape index (κ2) is 7.26. The standard InChI is InChI=1S/C12H20N2O2/c1-3-6-13-8-12(15)14(2)9-11-5-4-7-16-10-11/h1,11,13H,4-10H2,2H3. The van der Waals surface area contributed by atoms with Gasteiger partial charge in [0.25, 0.3) is 0 Å². The lowest BCUT2D eigenvalue weighted by atomic mass is 10.0. The molecule has 1 aliphatic rings. The molecule has 1 amide bonds. The van der Waals surface area contributed by atoms with Gasteiger partial charge in [0.15, 0.2) is 0 Å². The molecule has 1 N–H and O–H groups in total. The quantitative estimate of drug-likeness (QED) is 0.532. The smallest absolute Gasteiger partial charge is 0.236 e. The fraction of sp³-hybridized carbons (Fsp3) is 0.750. The molecule has 0 aromatic rings. The fourth-order valence-corrected chi connectivity index (χ4v) is 1.82. The van der Waals surface area contributed by atoms with Crippen LogP contribution in [0, 0.1) is 18.3 Å². The first-order valence-corrected chi connectivity index (χ1v) is 5.70. The zero-order valence-corrected chi connectivity index (χ0v) is 9.87. The number of amides is 1. The van der Waals surface area contributed by atoms with Gasteiger partial charge in [-0.25, -0.2) is 0 Å². The van der Waals surface area contributed by atoms with E-state index in [1.54, 1.807) is 4.90 Å². The van der Waals surface area contributed by atoms with E-state index in [9.17, 15) is 4.79 Å². The van der Waals surface area contributed by atoms with Crippen molar-refractivity contribution in [2.45, 2.75) is 12.8 Å². The van der Waals surface area contributed by atoms with E-state index in [0.717, 1.165) is 32.6 Å². The number of hydrogen-bond donors (Lipinski definition) is 1. The van der Waals surface area contributed by atoms with E-state index in [4.69, 9.17) is 11.2 Å². The van der Waals surface area contributed by atoms with E-state index >= 15 is 0 Å². The van der Waals surface area contributed by atoms with Gasteiger partial charge in [0.05, 0.1) is 19.7 Å². The van der Waals surface area contributed by atoms with Crippen LogP contribution in [0.1, 0.15) is 12.8 Å². The first-order chi connectivity index (χ1) is 7.74. The van der Waals surface area contributed by atoms with Crippen LogP contribution in [0.4, 0.5) is 0 Å². The summed E-state index contributed by atoms with van der Waals surface area (Å²) in [4.78, 5) is 13.4. The minimum atomic E-state index is 0.0841. The number of nitrogens with zero attached hydrogens (tertiary/aromatic N) is 1. The van der Waals surface area contributed by atoms with Gasteiger partial charge in [-0.3, -0.25) is 10.1 Å². The van der Waals surface area contributed by atoms with Crippen molar-refractivity contribution in [3.63, 3.8) is 0 Å². The molecular weight excluding hydrogens is 204 g/mol. The zero-order chi connectivity index (χ0) is 11.8. The molecule has 0 spiro atoms. The first-order valence-electron chi connectivity index (χ1n) is 5.70. The summed E-state index contributed by atoms with van der Waals surface area (Å²) < 4.78 is 5.38. The molecule has 4 nitrogen and oxygen atoms in total.